The summed E-state index contributed by atoms with van der Waals surface area (Å²) >= 11 is 0. The molecule has 0 heterocycles. The molecule has 9 heteroatoms. The molecule has 1 N–H and O–H groups in total. The predicted octanol–water partition coefficient (Wildman–Crippen LogP) is 2.71. The fourth-order valence-electron chi connectivity index (χ4n) is 1.77. The highest BCUT2D eigenvalue weighted by molar-refractivity contribution is 8.00. The van der Waals surface area contributed by atoms with E-state index in [9.17, 15) is 26.0 Å². The van der Waals surface area contributed by atoms with Gasteiger partial charge in [-0.25, -0.2) is 26.0 Å². The smallest absolute Gasteiger partial charge is 0.183 e. The number of aryl methyl sites for hydroxylation is 1. The zero-order valence-corrected chi connectivity index (χ0v) is 14.2. The molecule has 0 bridgehead atoms. The lowest BCUT2D eigenvalue weighted by molar-refractivity contribution is 0.573. The van der Waals surface area contributed by atoms with Crippen molar-refractivity contribution in [1.82, 2.24) is 4.13 Å². The zero-order valence-electron chi connectivity index (χ0n) is 12.5. The molecule has 2 aromatic carbocycles. The van der Waals surface area contributed by atoms with E-state index in [2.05, 4.69) is 15.3 Å². The van der Waals surface area contributed by atoms with Crippen LogP contribution in [0.15, 0.2) is 36.4 Å². The molecule has 0 saturated heterocycles. The summed E-state index contributed by atoms with van der Waals surface area (Å²) < 4.78 is 77.9. The molecule has 0 amide bonds. The van der Waals surface area contributed by atoms with E-state index in [0.29, 0.717) is 12.1 Å². The van der Waals surface area contributed by atoms with Crippen LogP contribution in [0, 0.1) is 34.4 Å². The predicted molar refractivity (Wildman–Crippen MR) is 87.6 cm³/mol. The number of hydrogen-bond donors (Lipinski definition) is 1. The van der Waals surface area contributed by atoms with Crippen LogP contribution in [0.4, 0.5) is 17.6 Å². The van der Waals surface area contributed by atoms with Gasteiger partial charge >= 0.3 is 0 Å². The van der Waals surface area contributed by atoms with Crippen molar-refractivity contribution in [2.45, 2.75) is 6.42 Å². The van der Waals surface area contributed by atoms with Gasteiger partial charge in [-0.05, 0) is 36.1 Å². The molecule has 0 radical (unpaired) electrons. The molecule has 0 aliphatic heterocycles. The summed E-state index contributed by atoms with van der Waals surface area (Å²) in [5, 5.41) is 2.14. The Kier molecular flexibility index (Phi) is 6.87. The first-order valence-electron chi connectivity index (χ1n) is 6.82. The van der Waals surface area contributed by atoms with Crippen LogP contribution in [-0.2, 0) is 28.4 Å². The number of halogens is 4. The van der Waals surface area contributed by atoms with Gasteiger partial charge in [0.15, 0.2) is 11.0 Å². The van der Waals surface area contributed by atoms with E-state index >= 15 is 0 Å². The molecule has 2 rings (SSSR count). The van der Waals surface area contributed by atoms with Crippen LogP contribution >= 0.6 is 0 Å². The lowest BCUT2D eigenvalue weighted by atomic mass is 10.1. The molecule has 0 fully saturated rings. The van der Waals surface area contributed by atoms with Gasteiger partial charge in [0, 0.05) is 23.1 Å². The summed E-state index contributed by atoms with van der Waals surface area (Å²) in [7, 11) is -3.85. The maximum Gasteiger partial charge on any atom is 0.183 e. The maximum absolute atomic E-state index is 13.4. The Morgan fingerprint density at radius 3 is 2.20 bits per heavy atom. The molecular weight excluding hydrogens is 378 g/mol. The van der Waals surface area contributed by atoms with Crippen LogP contribution in [0.25, 0.3) is 0 Å². The normalized spacial score (nSPS) is 13.0. The van der Waals surface area contributed by atoms with Crippen LogP contribution in [0.5, 0.6) is 0 Å². The van der Waals surface area contributed by atoms with Gasteiger partial charge in [0.25, 0.3) is 0 Å². The summed E-state index contributed by atoms with van der Waals surface area (Å²) in [5.74, 6) is -0.988. The molecular formula is C16H11F4NO2S2. The minimum atomic E-state index is -2.06. The summed E-state index contributed by atoms with van der Waals surface area (Å²) in [6, 6.07) is 5.75. The van der Waals surface area contributed by atoms with Gasteiger partial charge in [-0.3, -0.25) is 0 Å². The van der Waals surface area contributed by atoms with E-state index in [4.69, 9.17) is 0 Å². The van der Waals surface area contributed by atoms with Crippen molar-refractivity contribution in [1.29, 1.82) is 0 Å². The van der Waals surface area contributed by atoms with Gasteiger partial charge in [-0.15, -0.1) is 4.13 Å². The van der Waals surface area contributed by atoms with E-state index in [1.807, 2.05) is 0 Å². The van der Waals surface area contributed by atoms with Gasteiger partial charge in [0.05, 0.1) is 5.56 Å². The molecule has 0 spiro atoms. The number of hydrogen-bond acceptors (Lipinski definition) is 2. The second-order valence-electron chi connectivity index (χ2n) is 4.74. The van der Waals surface area contributed by atoms with Gasteiger partial charge < -0.3 is 0 Å². The average molecular weight is 389 g/mol. The van der Waals surface area contributed by atoms with E-state index in [-0.39, 0.29) is 23.3 Å². The monoisotopic (exact) mass is 389 g/mol. The first-order chi connectivity index (χ1) is 11.8. The standard InChI is InChI=1S/C16H11F4NO2S2/c17-13-3-1-11(15(19)9-13)5-7-24(22)21-25(23)8-6-12-2-4-14(18)10-16(12)20/h1-4,9-10,21H,5,7H2. The highest BCUT2D eigenvalue weighted by Gasteiger charge is 2.08. The Bertz CT molecular complexity index is 893. The van der Waals surface area contributed by atoms with Crippen LogP contribution in [0.2, 0.25) is 0 Å². The minimum absolute atomic E-state index is 0.0307. The fraction of sp³-hybridized carbons (Fsp3) is 0.125. The minimum Gasteiger partial charge on any atom is -0.242 e. The third-order valence-electron chi connectivity index (χ3n) is 2.95. The Hall–Kier alpha value is -2.02. The van der Waals surface area contributed by atoms with Crippen molar-refractivity contribution in [2.24, 2.45) is 0 Å². The number of benzene rings is 2. The summed E-state index contributed by atoms with van der Waals surface area (Å²) in [5.41, 5.74) is 0.0116. The molecule has 0 aromatic heterocycles. The summed E-state index contributed by atoms with van der Waals surface area (Å²) in [6.07, 6.45) is 0.0307. The SMILES string of the molecule is O=S(C#Cc1ccc(F)cc1F)NS(=O)CCc1ccc(F)cc1F. The van der Waals surface area contributed by atoms with Gasteiger partial charge in [0.2, 0.25) is 0 Å². The number of nitrogens with one attached hydrogen (secondary N) is 1. The Labute approximate surface area is 146 Å². The lowest BCUT2D eigenvalue weighted by Gasteiger charge is -2.03. The van der Waals surface area contributed by atoms with Gasteiger partial charge in [-0.2, -0.15) is 0 Å². The topological polar surface area (TPSA) is 46.2 Å². The first kappa shape index (κ1) is 19.3. The van der Waals surface area contributed by atoms with Crippen LogP contribution in [0.1, 0.15) is 11.1 Å². The average Bonchev–Trinajstić information content (AvgIpc) is 2.53. The Balaban J connectivity index is 1.90. The van der Waals surface area contributed by atoms with Crippen molar-refractivity contribution >= 4 is 22.0 Å². The molecule has 132 valence electrons. The van der Waals surface area contributed by atoms with Crippen molar-refractivity contribution in [2.75, 3.05) is 5.75 Å². The number of rotatable bonds is 5. The van der Waals surface area contributed by atoms with Crippen molar-refractivity contribution in [3.05, 3.63) is 70.8 Å². The van der Waals surface area contributed by atoms with Crippen molar-refractivity contribution < 1.29 is 26.0 Å². The highest BCUT2D eigenvalue weighted by Crippen LogP contribution is 2.10. The zero-order chi connectivity index (χ0) is 18.4. The van der Waals surface area contributed by atoms with Crippen molar-refractivity contribution in [3.8, 4) is 11.2 Å². The largest absolute Gasteiger partial charge is 0.242 e. The van der Waals surface area contributed by atoms with Crippen LogP contribution < -0.4 is 4.13 Å². The first-order valence-corrected chi connectivity index (χ1v) is 9.29. The molecule has 3 nitrogen and oxygen atoms in total. The van der Waals surface area contributed by atoms with Gasteiger partial charge in [-0.1, -0.05) is 6.07 Å². The van der Waals surface area contributed by atoms with E-state index in [1.54, 1.807) is 0 Å². The summed E-state index contributed by atoms with van der Waals surface area (Å²) in [4.78, 5) is 0. The molecule has 0 aliphatic carbocycles. The highest BCUT2D eigenvalue weighted by atomic mass is 32.3. The van der Waals surface area contributed by atoms with E-state index in [1.165, 1.54) is 6.07 Å². The quantitative estimate of drug-likeness (QED) is 0.631. The Morgan fingerprint density at radius 2 is 1.56 bits per heavy atom. The van der Waals surface area contributed by atoms with Crippen molar-refractivity contribution in [3.63, 3.8) is 0 Å². The van der Waals surface area contributed by atoms with E-state index in [0.717, 1.165) is 18.2 Å². The second kappa shape index (κ2) is 8.89. The Morgan fingerprint density at radius 1 is 0.920 bits per heavy atom. The lowest BCUT2D eigenvalue weighted by Crippen LogP contribution is -2.22. The molecule has 0 saturated carbocycles. The summed E-state index contributed by atoms with van der Waals surface area (Å²) in [6.45, 7) is 0. The van der Waals surface area contributed by atoms with Crippen LogP contribution in [0.3, 0.4) is 0 Å². The fourth-order valence-corrected chi connectivity index (χ4v) is 3.55. The third kappa shape index (κ3) is 6.08. The molecule has 0 aliphatic rings. The molecule has 2 unspecified atom stereocenters. The second-order valence-corrected chi connectivity index (χ2v) is 7.25. The van der Waals surface area contributed by atoms with Gasteiger partial charge in [0.1, 0.15) is 34.3 Å². The van der Waals surface area contributed by atoms with E-state index < -0.39 is 45.2 Å². The third-order valence-corrected chi connectivity index (χ3v) is 5.16. The molecule has 2 atom stereocenters. The molecule has 2 aromatic rings. The van der Waals surface area contributed by atoms with Crippen LogP contribution in [-0.4, -0.2) is 14.2 Å². The maximum atomic E-state index is 13.4. The molecule has 25 heavy (non-hydrogen) atoms.